The van der Waals surface area contributed by atoms with Crippen LogP contribution in [0.3, 0.4) is 0 Å². The number of anilines is 2. The fraction of sp³-hybridized carbons (Fsp3) is 0.217. The summed E-state index contributed by atoms with van der Waals surface area (Å²) < 4.78 is 0.969. The van der Waals surface area contributed by atoms with E-state index in [1.807, 2.05) is 65.6 Å². The molecule has 1 saturated heterocycles. The molecule has 5 rings (SSSR count). The lowest BCUT2D eigenvalue weighted by Crippen LogP contribution is -2.47. The van der Waals surface area contributed by atoms with E-state index in [0.29, 0.717) is 11.4 Å². The number of rotatable bonds is 4. The third-order valence-corrected chi connectivity index (χ3v) is 6.33. The average Bonchev–Trinajstić information content (AvgIpc) is 3.21. The highest BCUT2D eigenvalue weighted by Gasteiger charge is 2.21. The number of thiazole rings is 1. The minimum Gasteiger partial charge on any atom is -0.336 e. The lowest BCUT2D eigenvalue weighted by atomic mass is 10.1. The molecule has 0 atom stereocenters. The fourth-order valence-corrected chi connectivity index (χ4v) is 4.49. The van der Waals surface area contributed by atoms with Crippen molar-refractivity contribution in [2.45, 2.75) is 0 Å². The second-order valence-electron chi connectivity index (χ2n) is 7.59. The van der Waals surface area contributed by atoms with Gasteiger partial charge in [-0.1, -0.05) is 41.7 Å². The number of carbonyl (C=O) groups excluding carboxylic acids is 1. The largest absolute Gasteiger partial charge is 0.336 e. The molecule has 0 unspecified atom stereocenters. The molecule has 0 bridgehead atoms. The van der Waals surface area contributed by atoms with E-state index in [1.54, 1.807) is 0 Å². The Labute approximate surface area is 184 Å². The molecule has 2 aromatic heterocycles. The maximum Gasteiger partial charge on any atom is 0.253 e. The Hall–Kier alpha value is -3.36. The molecule has 0 radical (unpaired) electrons. The smallest absolute Gasteiger partial charge is 0.253 e. The summed E-state index contributed by atoms with van der Waals surface area (Å²) in [6.45, 7) is 3.35. The topological polar surface area (TPSA) is 74.2 Å². The summed E-state index contributed by atoms with van der Waals surface area (Å²) >= 11 is 1.50. The number of likely N-dealkylation sites (N-methyl/N-ethyl adjacent to an activating group) is 1. The minimum absolute atomic E-state index is 0.0836. The van der Waals surface area contributed by atoms with Crippen LogP contribution in [0, 0.1) is 0 Å². The second-order valence-corrected chi connectivity index (χ2v) is 8.62. The zero-order chi connectivity index (χ0) is 21.2. The van der Waals surface area contributed by atoms with Gasteiger partial charge in [-0.25, -0.2) is 4.98 Å². The Kier molecular flexibility index (Phi) is 5.31. The van der Waals surface area contributed by atoms with Crippen LogP contribution < -0.4 is 5.32 Å². The molecule has 0 spiro atoms. The SMILES string of the molecule is CN1CCN(C(=O)c2ccc3nc(Nc4ccc(-c5ccccc5)nn4)sc3c2)CC1. The van der Waals surface area contributed by atoms with E-state index in [-0.39, 0.29) is 5.91 Å². The van der Waals surface area contributed by atoms with E-state index in [1.165, 1.54) is 11.3 Å². The molecule has 0 aliphatic carbocycles. The zero-order valence-electron chi connectivity index (χ0n) is 17.2. The van der Waals surface area contributed by atoms with Crippen molar-refractivity contribution in [1.82, 2.24) is 25.0 Å². The maximum atomic E-state index is 12.9. The van der Waals surface area contributed by atoms with Crippen molar-refractivity contribution in [2.75, 3.05) is 38.5 Å². The van der Waals surface area contributed by atoms with Gasteiger partial charge in [0.2, 0.25) is 0 Å². The van der Waals surface area contributed by atoms with Crippen LogP contribution in [0.15, 0.2) is 60.7 Å². The van der Waals surface area contributed by atoms with Crippen molar-refractivity contribution in [2.24, 2.45) is 0 Å². The predicted octanol–water partition coefficient (Wildman–Crippen LogP) is 3.88. The Balaban J connectivity index is 1.31. The number of fused-ring (bicyclic) bond motifs is 1. The second kappa shape index (κ2) is 8.41. The molecule has 1 aliphatic rings. The monoisotopic (exact) mass is 430 g/mol. The number of hydrogen-bond donors (Lipinski definition) is 1. The minimum atomic E-state index is 0.0836. The number of aromatic nitrogens is 3. The number of nitrogens with zero attached hydrogens (tertiary/aromatic N) is 5. The van der Waals surface area contributed by atoms with Crippen molar-refractivity contribution in [1.29, 1.82) is 0 Å². The van der Waals surface area contributed by atoms with Crippen molar-refractivity contribution < 1.29 is 4.79 Å². The van der Waals surface area contributed by atoms with E-state index in [9.17, 15) is 4.79 Å². The molecular formula is C23H22N6OS. The fourth-order valence-electron chi connectivity index (χ4n) is 3.57. The molecular weight excluding hydrogens is 408 g/mol. The maximum absolute atomic E-state index is 12.9. The van der Waals surface area contributed by atoms with Gasteiger partial charge >= 0.3 is 0 Å². The molecule has 3 heterocycles. The Bertz CT molecular complexity index is 1200. The average molecular weight is 431 g/mol. The Morgan fingerprint density at radius 2 is 1.77 bits per heavy atom. The third-order valence-electron chi connectivity index (χ3n) is 5.39. The molecule has 156 valence electrons. The third kappa shape index (κ3) is 4.26. The summed E-state index contributed by atoms with van der Waals surface area (Å²) in [7, 11) is 2.08. The van der Waals surface area contributed by atoms with Crippen LogP contribution >= 0.6 is 11.3 Å². The standard InChI is InChI=1S/C23H22N6OS/c1-28-11-13-29(14-12-28)22(30)17-7-8-19-20(15-17)31-23(24-19)25-21-10-9-18(26-27-21)16-5-3-2-4-6-16/h2-10,15H,11-14H2,1H3,(H,24,25,27). The van der Waals surface area contributed by atoms with Crippen LogP contribution in [0.4, 0.5) is 10.9 Å². The van der Waals surface area contributed by atoms with Gasteiger partial charge in [0.05, 0.1) is 15.9 Å². The quantitative estimate of drug-likeness (QED) is 0.530. The van der Waals surface area contributed by atoms with Crippen LogP contribution in [-0.4, -0.2) is 64.1 Å². The van der Waals surface area contributed by atoms with Gasteiger partial charge in [-0.15, -0.1) is 10.2 Å². The lowest BCUT2D eigenvalue weighted by Gasteiger charge is -2.32. The molecule has 4 aromatic rings. The zero-order valence-corrected chi connectivity index (χ0v) is 18.0. The number of carbonyl (C=O) groups is 1. The number of nitrogens with one attached hydrogen (secondary N) is 1. The van der Waals surface area contributed by atoms with Gasteiger partial charge in [0.15, 0.2) is 10.9 Å². The molecule has 8 heteroatoms. The van der Waals surface area contributed by atoms with Gasteiger partial charge in [-0.3, -0.25) is 4.79 Å². The first-order chi connectivity index (χ1) is 15.2. The van der Waals surface area contributed by atoms with Crippen LogP contribution in [-0.2, 0) is 0 Å². The Morgan fingerprint density at radius 1 is 0.968 bits per heavy atom. The van der Waals surface area contributed by atoms with E-state index in [4.69, 9.17) is 0 Å². The van der Waals surface area contributed by atoms with Gasteiger partial charge in [0.25, 0.3) is 5.91 Å². The summed E-state index contributed by atoms with van der Waals surface area (Å²) in [6, 6.07) is 19.5. The van der Waals surface area contributed by atoms with Crippen molar-refractivity contribution in [3.8, 4) is 11.3 Å². The number of benzene rings is 2. The summed E-state index contributed by atoms with van der Waals surface area (Å²) in [6.07, 6.45) is 0. The van der Waals surface area contributed by atoms with Crippen molar-refractivity contribution >= 4 is 38.4 Å². The number of piperazine rings is 1. The van der Waals surface area contributed by atoms with E-state index in [0.717, 1.165) is 52.8 Å². The van der Waals surface area contributed by atoms with E-state index < -0.39 is 0 Å². The number of hydrogen-bond acceptors (Lipinski definition) is 7. The molecule has 1 N–H and O–H groups in total. The highest BCUT2D eigenvalue weighted by atomic mass is 32.1. The highest BCUT2D eigenvalue weighted by molar-refractivity contribution is 7.22. The van der Waals surface area contributed by atoms with E-state index >= 15 is 0 Å². The molecule has 2 aromatic carbocycles. The van der Waals surface area contributed by atoms with Crippen molar-refractivity contribution in [3.05, 3.63) is 66.2 Å². The van der Waals surface area contributed by atoms with Crippen LogP contribution in [0.5, 0.6) is 0 Å². The van der Waals surface area contributed by atoms with E-state index in [2.05, 4.69) is 32.4 Å². The first kappa shape index (κ1) is 19.6. The summed E-state index contributed by atoms with van der Waals surface area (Å²) in [5.41, 5.74) is 3.41. The van der Waals surface area contributed by atoms with Gasteiger partial charge in [-0.05, 0) is 37.4 Å². The Morgan fingerprint density at radius 3 is 2.52 bits per heavy atom. The van der Waals surface area contributed by atoms with Crippen molar-refractivity contribution in [3.63, 3.8) is 0 Å². The van der Waals surface area contributed by atoms with Gasteiger partial charge in [-0.2, -0.15) is 0 Å². The first-order valence-corrected chi connectivity index (χ1v) is 11.0. The molecule has 0 saturated carbocycles. The predicted molar refractivity (Wildman–Crippen MR) is 124 cm³/mol. The molecule has 7 nitrogen and oxygen atoms in total. The molecule has 1 amide bonds. The van der Waals surface area contributed by atoms with Gasteiger partial charge in [0.1, 0.15) is 0 Å². The normalized spacial score (nSPS) is 14.7. The van der Waals surface area contributed by atoms with Gasteiger partial charge < -0.3 is 15.1 Å². The first-order valence-electron chi connectivity index (χ1n) is 10.2. The summed E-state index contributed by atoms with van der Waals surface area (Å²) in [5.74, 6) is 0.716. The van der Waals surface area contributed by atoms with Crippen LogP contribution in [0.2, 0.25) is 0 Å². The molecule has 31 heavy (non-hydrogen) atoms. The molecule has 1 aliphatic heterocycles. The summed E-state index contributed by atoms with van der Waals surface area (Å²) in [5, 5.41) is 12.5. The van der Waals surface area contributed by atoms with Gasteiger partial charge in [0, 0.05) is 37.3 Å². The highest BCUT2D eigenvalue weighted by Crippen LogP contribution is 2.29. The molecule has 1 fully saturated rings. The summed E-state index contributed by atoms with van der Waals surface area (Å²) in [4.78, 5) is 21.6. The van der Waals surface area contributed by atoms with Crippen LogP contribution in [0.25, 0.3) is 21.5 Å². The van der Waals surface area contributed by atoms with Crippen LogP contribution in [0.1, 0.15) is 10.4 Å². The lowest BCUT2D eigenvalue weighted by molar-refractivity contribution is 0.0664. The number of amides is 1.